The van der Waals surface area contributed by atoms with Gasteiger partial charge in [-0.3, -0.25) is 24.3 Å². The van der Waals surface area contributed by atoms with Crippen LogP contribution in [0, 0.1) is 17.8 Å². The minimum Gasteiger partial charge on any atom is -0.348 e. The maximum atomic E-state index is 13.0. The van der Waals surface area contributed by atoms with Crippen LogP contribution in [-0.4, -0.2) is 75.3 Å². The smallest absolute Gasteiger partial charge is 0.328 e. The molecule has 4 amide bonds. The van der Waals surface area contributed by atoms with E-state index in [1.54, 1.807) is 24.1 Å². The number of pyridine rings is 2. The van der Waals surface area contributed by atoms with Crippen molar-refractivity contribution in [2.45, 2.75) is 44.4 Å². The molecule has 5 rings (SSSR count). The minimum atomic E-state index is -0.662. The van der Waals surface area contributed by atoms with E-state index in [1.807, 2.05) is 6.92 Å². The average molecular weight is 490 g/mol. The van der Waals surface area contributed by atoms with Gasteiger partial charge in [-0.15, -0.1) is 0 Å². The van der Waals surface area contributed by atoms with E-state index in [0.29, 0.717) is 23.8 Å². The number of anilines is 1. The van der Waals surface area contributed by atoms with Crippen molar-refractivity contribution in [1.82, 2.24) is 25.1 Å². The second-order valence-corrected chi connectivity index (χ2v) is 8.82. The van der Waals surface area contributed by atoms with E-state index in [9.17, 15) is 18.8 Å². The lowest BCUT2D eigenvalue weighted by atomic mass is 10.1. The van der Waals surface area contributed by atoms with Gasteiger partial charge in [0.15, 0.2) is 12.0 Å². The van der Waals surface area contributed by atoms with E-state index in [2.05, 4.69) is 32.1 Å². The van der Waals surface area contributed by atoms with Gasteiger partial charge in [-0.2, -0.15) is 4.39 Å². The standard InChI is InChI=1S/C25H24FN7O3/c1-3-12-32-22-21(24(35)33(25(32)36)17-7-8-17)29-19(30-22)10-4-15-5-11-20(28-13-15)31(2)23(34)16-6-9-18(26)27-14-16/h5-6,9,11,13-14,17,21-22H,3,7-8,12H2,1-2H3,(H,29,30). The molecule has 2 aromatic rings. The molecule has 0 bridgehead atoms. The molecule has 1 saturated heterocycles. The molecule has 11 heteroatoms. The molecular formula is C25H24FN7O3. The van der Waals surface area contributed by atoms with E-state index in [1.165, 1.54) is 28.3 Å². The summed E-state index contributed by atoms with van der Waals surface area (Å²) in [5.41, 5.74) is 0.816. The highest BCUT2D eigenvalue weighted by Gasteiger charge is 2.53. The summed E-state index contributed by atoms with van der Waals surface area (Å²) in [7, 11) is 1.56. The largest absolute Gasteiger partial charge is 0.348 e. The predicted octanol–water partition coefficient (Wildman–Crippen LogP) is 1.78. The van der Waals surface area contributed by atoms with Crippen molar-refractivity contribution in [2.24, 2.45) is 4.99 Å². The van der Waals surface area contributed by atoms with Gasteiger partial charge >= 0.3 is 6.03 Å². The van der Waals surface area contributed by atoms with Crippen LogP contribution in [0.4, 0.5) is 15.0 Å². The van der Waals surface area contributed by atoms with Crippen LogP contribution in [0.3, 0.4) is 0 Å². The number of imide groups is 1. The van der Waals surface area contributed by atoms with Gasteiger partial charge in [0.1, 0.15) is 11.9 Å². The van der Waals surface area contributed by atoms with Crippen molar-refractivity contribution in [2.75, 3.05) is 18.5 Å². The van der Waals surface area contributed by atoms with Crippen LogP contribution in [-0.2, 0) is 4.79 Å². The molecule has 0 aromatic carbocycles. The number of nitrogens with one attached hydrogen (secondary N) is 1. The Morgan fingerprint density at radius 3 is 2.61 bits per heavy atom. The lowest BCUT2D eigenvalue weighted by Crippen LogP contribution is -2.66. The fourth-order valence-corrected chi connectivity index (χ4v) is 4.20. The highest BCUT2D eigenvalue weighted by atomic mass is 19.1. The molecule has 4 heterocycles. The SMILES string of the molecule is CCCN1C(=O)N(C2CC2)C(=O)C2NC(C#Cc3ccc(N(C)C(=O)c4ccc(F)nc4)nc3)=NC21. The van der Waals surface area contributed by atoms with E-state index >= 15 is 0 Å². The van der Waals surface area contributed by atoms with Crippen molar-refractivity contribution in [1.29, 1.82) is 0 Å². The van der Waals surface area contributed by atoms with Crippen molar-refractivity contribution in [3.8, 4) is 11.8 Å². The maximum Gasteiger partial charge on any atom is 0.328 e. The summed E-state index contributed by atoms with van der Waals surface area (Å²) >= 11 is 0. The number of aliphatic imine (C=N–C) groups is 1. The van der Waals surface area contributed by atoms with Gasteiger partial charge < -0.3 is 5.32 Å². The van der Waals surface area contributed by atoms with Crippen molar-refractivity contribution < 1.29 is 18.8 Å². The Labute approximate surface area is 207 Å². The van der Waals surface area contributed by atoms with Crippen LogP contribution in [0.15, 0.2) is 41.7 Å². The third-order valence-corrected chi connectivity index (χ3v) is 6.20. The minimum absolute atomic E-state index is 0.0174. The molecule has 36 heavy (non-hydrogen) atoms. The first-order chi connectivity index (χ1) is 17.4. The molecule has 1 saturated carbocycles. The Hall–Kier alpha value is -4.33. The first kappa shape index (κ1) is 23.4. The number of halogens is 1. The molecule has 0 radical (unpaired) electrons. The lowest BCUT2D eigenvalue weighted by Gasteiger charge is -2.40. The van der Waals surface area contributed by atoms with Crippen molar-refractivity contribution in [3.63, 3.8) is 0 Å². The molecule has 1 N–H and O–H groups in total. The number of nitrogens with zero attached hydrogens (tertiary/aromatic N) is 6. The van der Waals surface area contributed by atoms with E-state index < -0.39 is 18.2 Å². The Bertz CT molecular complexity index is 1300. The molecule has 184 valence electrons. The number of aromatic nitrogens is 2. The number of hydrogen-bond donors (Lipinski definition) is 1. The summed E-state index contributed by atoms with van der Waals surface area (Å²) < 4.78 is 13.0. The van der Waals surface area contributed by atoms with Crippen LogP contribution in [0.1, 0.15) is 42.1 Å². The highest BCUT2D eigenvalue weighted by Crippen LogP contribution is 2.33. The van der Waals surface area contributed by atoms with Crippen LogP contribution in [0.5, 0.6) is 0 Å². The van der Waals surface area contributed by atoms with Crippen molar-refractivity contribution >= 4 is 29.5 Å². The molecule has 3 aliphatic rings. The maximum absolute atomic E-state index is 13.0. The van der Waals surface area contributed by atoms with Crippen molar-refractivity contribution in [3.05, 3.63) is 53.7 Å². The number of urea groups is 1. The monoisotopic (exact) mass is 489 g/mol. The molecule has 2 fully saturated rings. The molecule has 10 nitrogen and oxygen atoms in total. The zero-order valence-corrected chi connectivity index (χ0v) is 19.8. The number of carbonyl (C=O) groups excluding carboxylic acids is 3. The highest BCUT2D eigenvalue weighted by molar-refractivity contribution is 6.09. The predicted molar refractivity (Wildman–Crippen MR) is 128 cm³/mol. The van der Waals surface area contributed by atoms with Gasteiger partial charge in [0.05, 0.1) is 5.56 Å². The van der Waals surface area contributed by atoms with Crippen LogP contribution < -0.4 is 10.2 Å². The topological polar surface area (TPSA) is 111 Å². The number of amides is 4. The summed E-state index contributed by atoms with van der Waals surface area (Å²) in [4.78, 5) is 55.1. The summed E-state index contributed by atoms with van der Waals surface area (Å²) in [6, 6.07) is 4.89. The summed E-state index contributed by atoms with van der Waals surface area (Å²) in [5.74, 6) is 5.32. The third-order valence-electron chi connectivity index (χ3n) is 6.20. The molecule has 2 unspecified atom stereocenters. The summed E-state index contributed by atoms with van der Waals surface area (Å²) in [6.07, 6.45) is 4.52. The molecular weight excluding hydrogens is 465 g/mol. The first-order valence-corrected chi connectivity index (χ1v) is 11.7. The number of amidine groups is 1. The lowest BCUT2D eigenvalue weighted by molar-refractivity contribution is -0.135. The van der Waals surface area contributed by atoms with E-state index in [4.69, 9.17) is 0 Å². The van der Waals surface area contributed by atoms with Gasteiger partial charge in [0, 0.05) is 37.6 Å². The number of hydrogen-bond acceptors (Lipinski definition) is 7. The second kappa shape index (κ2) is 9.37. The third kappa shape index (κ3) is 4.37. The van der Waals surface area contributed by atoms with E-state index in [-0.39, 0.29) is 29.5 Å². The fourth-order valence-electron chi connectivity index (χ4n) is 4.20. The Kier molecular flexibility index (Phi) is 6.10. The molecule has 2 atom stereocenters. The number of rotatable bonds is 5. The van der Waals surface area contributed by atoms with Gasteiger partial charge in [0.2, 0.25) is 5.95 Å². The summed E-state index contributed by atoms with van der Waals surface area (Å²) in [5, 5.41) is 3.09. The zero-order valence-electron chi connectivity index (χ0n) is 19.8. The van der Waals surface area contributed by atoms with Gasteiger partial charge in [0.25, 0.3) is 11.8 Å². The van der Waals surface area contributed by atoms with Gasteiger partial charge in [-0.25, -0.2) is 19.8 Å². The molecule has 1 aliphatic carbocycles. The fraction of sp³-hybridized carbons (Fsp3) is 0.360. The second-order valence-electron chi connectivity index (χ2n) is 8.82. The quantitative estimate of drug-likeness (QED) is 0.506. The normalized spacial score (nSPS) is 20.8. The molecule has 2 aromatic heterocycles. The zero-order chi connectivity index (χ0) is 25.4. The molecule has 0 spiro atoms. The Morgan fingerprint density at radius 1 is 1.17 bits per heavy atom. The average Bonchev–Trinajstić information content (AvgIpc) is 3.62. The van der Waals surface area contributed by atoms with Gasteiger partial charge in [-0.1, -0.05) is 12.8 Å². The summed E-state index contributed by atoms with van der Waals surface area (Å²) in [6.45, 7) is 2.49. The number of fused-ring (bicyclic) bond motifs is 1. The van der Waals surface area contributed by atoms with E-state index in [0.717, 1.165) is 25.3 Å². The van der Waals surface area contributed by atoms with Crippen LogP contribution in [0.2, 0.25) is 0 Å². The Balaban J connectivity index is 1.29. The van der Waals surface area contributed by atoms with Gasteiger partial charge in [-0.05, 0) is 49.4 Å². The Morgan fingerprint density at radius 2 is 1.97 bits per heavy atom. The molecule has 2 aliphatic heterocycles. The van der Waals surface area contributed by atoms with Crippen LogP contribution >= 0.6 is 0 Å². The van der Waals surface area contributed by atoms with Crippen LogP contribution in [0.25, 0.3) is 0 Å². The first-order valence-electron chi connectivity index (χ1n) is 11.7. The number of carbonyl (C=O) groups is 3.